The summed E-state index contributed by atoms with van der Waals surface area (Å²) in [5.41, 5.74) is 6.83. The van der Waals surface area contributed by atoms with Gasteiger partial charge in [-0.25, -0.2) is 0 Å². The van der Waals surface area contributed by atoms with E-state index in [1.165, 1.54) is 19.3 Å². The molecule has 0 bridgehead atoms. The maximum absolute atomic E-state index is 2.51. The maximum Gasteiger partial charge on any atom is -1.00 e. The van der Waals surface area contributed by atoms with Gasteiger partial charge in [0.2, 0.25) is 0 Å². The number of hydrogen-bond donors (Lipinski definition) is 0. The summed E-state index contributed by atoms with van der Waals surface area (Å²) in [5.74, 6) is 0.374. The Balaban J connectivity index is 0.00000144. The van der Waals surface area contributed by atoms with Gasteiger partial charge in [0.25, 0.3) is 0 Å². The van der Waals surface area contributed by atoms with Gasteiger partial charge in [0.05, 0.1) is 0 Å². The van der Waals surface area contributed by atoms with Gasteiger partial charge in [-0.1, -0.05) is 0 Å². The van der Waals surface area contributed by atoms with Gasteiger partial charge in [-0.3, -0.25) is 0 Å². The molecule has 2 aliphatic carbocycles. The standard InChI is InChI=1S/C9H13.C8H11.C3H7Si.2ClH.Zr/c1-6-5-7(2)9(4)8(6)3;1-2-5-8-6-3-4-7-8;1-2-4-3-1;;;/h6H,1-4H3;3,6H,2,4-5H2,1H3;4H,1-3H2;2*1H;/q;;;;;+2/p-2. The monoisotopic (exact) mass is 459 g/mol. The van der Waals surface area contributed by atoms with Crippen LogP contribution in [0.15, 0.2) is 41.0 Å². The van der Waals surface area contributed by atoms with Crippen LogP contribution in [0, 0.1) is 5.92 Å². The van der Waals surface area contributed by atoms with E-state index in [1.807, 2.05) is 6.56 Å². The molecule has 0 spiro atoms. The third-order valence-corrected chi connectivity index (χ3v) is 29.8. The smallest absolute Gasteiger partial charge is 1.00 e. The summed E-state index contributed by atoms with van der Waals surface area (Å²) in [6, 6.07) is 3.33. The van der Waals surface area contributed by atoms with Gasteiger partial charge in [-0.05, 0) is 0 Å². The van der Waals surface area contributed by atoms with E-state index in [4.69, 9.17) is 0 Å². The summed E-state index contributed by atoms with van der Waals surface area (Å²) >= 11 is -1.54. The Bertz CT molecular complexity index is 597. The van der Waals surface area contributed by atoms with Crippen molar-refractivity contribution in [3.63, 3.8) is 0 Å². The molecule has 0 amide bonds. The van der Waals surface area contributed by atoms with E-state index in [1.54, 1.807) is 40.8 Å². The number of allylic oxidation sites excluding steroid dienone is 8. The first-order valence-electron chi connectivity index (χ1n) is 9.20. The molecule has 1 unspecified atom stereocenters. The van der Waals surface area contributed by atoms with Gasteiger partial charge in [-0.15, -0.1) is 0 Å². The fourth-order valence-electron chi connectivity index (χ4n) is 4.46. The van der Waals surface area contributed by atoms with E-state index in [0.717, 1.165) is 5.92 Å². The van der Waals surface area contributed by atoms with Crippen LogP contribution in [0.25, 0.3) is 0 Å². The van der Waals surface area contributed by atoms with Crippen molar-refractivity contribution in [1.82, 2.24) is 0 Å². The van der Waals surface area contributed by atoms with E-state index in [-0.39, 0.29) is 24.8 Å². The molecule has 1 aliphatic heterocycles. The molecule has 1 heterocycles. The number of halogens is 2. The average molecular weight is 462 g/mol. The topological polar surface area (TPSA) is 0 Å². The van der Waals surface area contributed by atoms with E-state index in [2.05, 4.69) is 46.8 Å². The minimum Gasteiger partial charge on any atom is -1.00 e. The third kappa shape index (κ3) is 3.98. The van der Waals surface area contributed by atoms with Crippen molar-refractivity contribution in [3.05, 3.63) is 41.0 Å². The molecule has 1 saturated heterocycles. The molecular formula is C20H31Cl2SiZr. The van der Waals surface area contributed by atoms with Crippen LogP contribution < -0.4 is 24.8 Å². The summed E-state index contributed by atoms with van der Waals surface area (Å²) in [7, 11) is 0. The van der Waals surface area contributed by atoms with E-state index < -0.39 is 26.8 Å². The quantitative estimate of drug-likeness (QED) is 0.507. The van der Waals surface area contributed by atoms with Crippen LogP contribution in [-0.4, -0.2) is 5.92 Å². The Morgan fingerprint density at radius 2 is 1.79 bits per heavy atom. The summed E-state index contributed by atoms with van der Waals surface area (Å²) in [5, 5.41) is 0. The first-order valence-corrected chi connectivity index (χ1v) is 18.1. The van der Waals surface area contributed by atoms with Crippen molar-refractivity contribution >= 4 is 5.92 Å². The van der Waals surface area contributed by atoms with Gasteiger partial charge in [-0.2, -0.15) is 0 Å². The fraction of sp³-hybridized carbons (Fsp3) is 0.600. The minimum atomic E-state index is -1.54. The summed E-state index contributed by atoms with van der Waals surface area (Å²) < 4.78 is 4.06. The molecule has 0 aromatic rings. The second-order valence-electron chi connectivity index (χ2n) is 7.47. The zero-order valence-electron chi connectivity index (χ0n) is 15.8. The zero-order chi connectivity index (χ0) is 15.9. The second kappa shape index (κ2) is 9.54. The minimum absolute atomic E-state index is 0. The van der Waals surface area contributed by atoms with Gasteiger partial charge >= 0.3 is 146 Å². The summed E-state index contributed by atoms with van der Waals surface area (Å²) in [6.45, 7) is 12.1. The molecule has 3 aliphatic rings. The maximum atomic E-state index is 2.51. The largest absolute Gasteiger partial charge is 1.00 e. The molecule has 0 N–H and O–H groups in total. The van der Waals surface area contributed by atoms with Crippen LogP contribution in [0.3, 0.4) is 0 Å². The Labute approximate surface area is 170 Å². The Morgan fingerprint density at radius 3 is 2.25 bits per heavy atom. The van der Waals surface area contributed by atoms with Crippen LogP contribution in [0.5, 0.6) is 0 Å². The molecule has 133 valence electrons. The van der Waals surface area contributed by atoms with Crippen molar-refractivity contribution in [2.75, 3.05) is 0 Å². The predicted octanol–water partition coefficient (Wildman–Crippen LogP) is 0.0143. The number of hydrogen-bond acceptors (Lipinski definition) is 0. The Morgan fingerprint density at radius 1 is 1.12 bits per heavy atom. The normalized spacial score (nSPS) is 23.5. The fourth-order valence-corrected chi connectivity index (χ4v) is 31.6. The van der Waals surface area contributed by atoms with Crippen LogP contribution >= 0.6 is 0 Å². The van der Waals surface area contributed by atoms with Crippen molar-refractivity contribution < 1.29 is 45.7 Å². The molecule has 3 rings (SSSR count). The van der Waals surface area contributed by atoms with Crippen LogP contribution in [-0.2, 0) is 20.9 Å². The zero-order valence-corrected chi connectivity index (χ0v) is 20.9. The molecule has 0 nitrogen and oxygen atoms in total. The average Bonchev–Trinajstić information content (AvgIpc) is 2.97. The van der Waals surface area contributed by atoms with Crippen LogP contribution in [0.4, 0.5) is 0 Å². The Kier molecular flexibility index (Phi) is 9.02. The van der Waals surface area contributed by atoms with Crippen molar-refractivity contribution in [3.8, 4) is 0 Å². The van der Waals surface area contributed by atoms with Gasteiger partial charge in [0.15, 0.2) is 0 Å². The van der Waals surface area contributed by atoms with Gasteiger partial charge in [0, 0.05) is 0 Å². The SMILES string of the molecule is CCCC1=[C]([Zr+2]([C]2=C(C)C(C)=C(C)C2C)[SiH]2CCC2)CC=C1.[Cl-].[Cl-]. The molecule has 0 aromatic carbocycles. The molecule has 4 heteroatoms. The van der Waals surface area contributed by atoms with Crippen LogP contribution in [0.2, 0.25) is 12.1 Å². The van der Waals surface area contributed by atoms with E-state index >= 15 is 0 Å². The molecule has 0 saturated carbocycles. The predicted molar refractivity (Wildman–Crippen MR) is 97.3 cm³/mol. The number of rotatable bonds is 5. The molecule has 1 fully saturated rings. The second-order valence-corrected chi connectivity index (χ2v) is 24.3. The van der Waals surface area contributed by atoms with Crippen molar-refractivity contribution in [1.29, 1.82) is 0 Å². The molecule has 0 radical (unpaired) electrons. The first kappa shape index (κ1) is 22.7. The van der Waals surface area contributed by atoms with E-state index in [9.17, 15) is 0 Å². The van der Waals surface area contributed by atoms with Crippen molar-refractivity contribution in [2.24, 2.45) is 5.92 Å². The summed E-state index contributed by atoms with van der Waals surface area (Å²) in [4.78, 5) is 0. The molecule has 0 aromatic heterocycles. The van der Waals surface area contributed by atoms with Crippen molar-refractivity contribution in [2.45, 2.75) is 72.4 Å². The van der Waals surface area contributed by atoms with Gasteiger partial charge < -0.3 is 24.8 Å². The van der Waals surface area contributed by atoms with E-state index in [0.29, 0.717) is 0 Å². The van der Waals surface area contributed by atoms with Gasteiger partial charge in [0.1, 0.15) is 0 Å². The summed E-state index contributed by atoms with van der Waals surface area (Å²) in [6.07, 6.45) is 10.5. The molecule has 24 heavy (non-hydrogen) atoms. The molecule has 1 atom stereocenters. The first-order chi connectivity index (χ1) is 10.6. The Hall–Kier alpha value is 0.640. The van der Waals surface area contributed by atoms with Crippen LogP contribution in [0.1, 0.15) is 60.3 Å². The molecular weight excluding hydrogens is 430 g/mol. The third-order valence-electron chi connectivity index (χ3n) is 6.32.